The van der Waals surface area contributed by atoms with Crippen molar-refractivity contribution >= 4 is 34.2 Å². The third-order valence-electron chi connectivity index (χ3n) is 1.34. The van der Waals surface area contributed by atoms with Gasteiger partial charge in [-0.1, -0.05) is 6.07 Å². The maximum atomic E-state index is 5.49. The first kappa shape index (κ1) is 9.31. The smallest absolute Gasteiger partial charge is 0.192 e. The van der Waals surface area contributed by atoms with Crippen LogP contribution in [-0.2, 0) is 0 Å². The van der Waals surface area contributed by atoms with E-state index >= 15 is 0 Å². The highest BCUT2D eigenvalue weighted by Crippen LogP contribution is 2.11. The molecular formula is C8H10IN3. The molecule has 4 heteroatoms. The number of nitrogens with two attached hydrogens (primary N) is 1. The van der Waals surface area contributed by atoms with Crippen LogP contribution in [0.5, 0.6) is 0 Å². The average molecular weight is 275 g/mol. The molecule has 0 saturated heterocycles. The third kappa shape index (κ3) is 2.69. The lowest BCUT2D eigenvalue weighted by molar-refractivity contribution is 1.38. The Hall–Kier alpha value is -0.780. The Kier molecular flexibility index (Phi) is 3.33. The van der Waals surface area contributed by atoms with Crippen LogP contribution in [-0.4, -0.2) is 13.0 Å². The molecule has 0 aromatic heterocycles. The van der Waals surface area contributed by atoms with Crippen LogP contribution in [0.1, 0.15) is 0 Å². The SMILES string of the molecule is CN=C(N)Nc1cccc(I)c1. The normalized spacial score (nSPS) is 11.3. The lowest BCUT2D eigenvalue weighted by Crippen LogP contribution is -2.21. The molecule has 12 heavy (non-hydrogen) atoms. The Labute approximate surface area is 85.2 Å². The van der Waals surface area contributed by atoms with Crippen molar-refractivity contribution in [1.82, 2.24) is 0 Å². The highest BCUT2D eigenvalue weighted by molar-refractivity contribution is 14.1. The minimum atomic E-state index is 0.428. The van der Waals surface area contributed by atoms with E-state index in [1.807, 2.05) is 24.3 Å². The molecule has 64 valence electrons. The first-order valence-corrected chi connectivity index (χ1v) is 4.55. The van der Waals surface area contributed by atoms with Gasteiger partial charge in [-0.25, -0.2) is 0 Å². The Bertz CT molecular complexity index is 296. The van der Waals surface area contributed by atoms with E-state index in [-0.39, 0.29) is 0 Å². The topological polar surface area (TPSA) is 50.4 Å². The van der Waals surface area contributed by atoms with E-state index in [1.54, 1.807) is 7.05 Å². The molecule has 3 nitrogen and oxygen atoms in total. The van der Waals surface area contributed by atoms with Crippen molar-refractivity contribution < 1.29 is 0 Å². The Morgan fingerprint density at radius 2 is 2.33 bits per heavy atom. The van der Waals surface area contributed by atoms with Crippen LogP contribution in [0, 0.1) is 3.57 Å². The van der Waals surface area contributed by atoms with Crippen LogP contribution >= 0.6 is 22.6 Å². The lowest BCUT2D eigenvalue weighted by atomic mass is 10.3. The molecule has 0 bridgehead atoms. The van der Waals surface area contributed by atoms with Crippen LogP contribution in [0.15, 0.2) is 29.3 Å². The quantitative estimate of drug-likeness (QED) is 0.465. The first-order valence-electron chi connectivity index (χ1n) is 3.47. The van der Waals surface area contributed by atoms with Gasteiger partial charge in [0.15, 0.2) is 5.96 Å². The molecule has 1 aromatic rings. The fraction of sp³-hybridized carbons (Fsp3) is 0.125. The van der Waals surface area contributed by atoms with Gasteiger partial charge in [0.05, 0.1) is 0 Å². The fourth-order valence-electron chi connectivity index (χ4n) is 0.770. The summed E-state index contributed by atoms with van der Waals surface area (Å²) >= 11 is 2.24. The molecule has 0 unspecified atom stereocenters. The second kappa shape index (κ2) is 4.30. The van der Waals surface area contributed by atoms with Crippen molar-refractivity contribution in [2.24, 2.45) is 10.7 Å². The van der Waals surface area contributed by atoms with Crippen molar-refractivity contribution in [2.45, 2.75) is 0 Å². The molecule has 3 N–H and O–H groups in total. The van der Waals surface area contributed by atoms with Gasteiger partial charge < -0.3 is 11.1 Å². The number of hydrogen-bond donors (Lipinski definition) is 2. The summed E-state index contributed by atoms with van der Waals surface area (Å²) in [5, 5.41) is 2.96. The predicted octanol–water partition coefficient (Wildman–Crippen LogP) is 1.65. The molecule has 0 amide bonds. The molecule has 0 aliphatic rings. The second-order valence-electron chi connectivity index (χ2n) is 2.24. The fourth-order valence-corrected chi connectivity index (χ4v) is 1.31. The summed E-state index contributed by atoms with van der Waals surface area (Å²) in [4.78, 5) is 3.79. The molecule has 0 aliphatic carbocycles. The number of guanidine groups is 1. The van der Waals surface area contributed by atoms with E-state index in [2.05, 4.69) is 32.9 Å². The number of aliphatic imine (C=N–C) groups is 1. The molecule has 0 fully saturated rings. The molecule has 1 rings (SSSR count). The predicted molar refractivity (Wildman–Crippen MR) is 60.3 cm³/mol. The van der Waals surface area contributed by atoms with Crippen molar-refractivity contribution in [2.75, 3.05) is 12.4 Å². The summed E-state index contributed by atoms with van der Waals surface area (Å²) in [7, 11) is 1.65. The van der Waals surface area contributed by atoms with Gasteiger partial charge in [0.25, 0.3) is 0 Å². The van der Waals surface area contributed by atoms with E-state index in [0.717, 1.165) is 5.69 Å². The van der Waals surface area contributed by atoms with E-state index in [9.17, 15) is 0 Å². The van der Waals surface area contributed by atoms with Gasteiger partial charge in [-0.3, -0.25) is 4.99 Å². The third-order valence-corrected chi connectivity index (χ3v) is 2.01. The van der Waals surface area contributed by atoms with E-state index in [1.165, 1.54) is 3.57 Å². The van der Waals surface area contributed by atoms with E-state index in [4.69, 9.17) is 5.73 Å². The highest BCUT2D eigenvalue weighted by atomic mass is 127. The summed E-state index contributed by atoms with van der Waals surface area (Å²) in [6.07, 6.45) is 0. The molecular weight excluding hydrogens is 265 g/mol. The van der Waals surface area contributed by atoms with Gasteiger partial charge in [-0.15, -0.1) is 0 Å². The minimum absolute atomic E-state index is 0.428. The number of nitrogens with one attached hydrogen (secondary N) is 1. The van der Waals surface area contributed by atoms with Crippen molar-refractivity contribution in [1.29, 1.82) is 0 Å². The van der Waals surface area contributed by atoms with Gasteiger partial charge in [0, 0.05) is 16.3 Å². The highest BCUT2D eigenvalue weighted by Gasteiger charge is 1.93. The van der Waals surface area contributed by atoms with Crippen LogP contribution in [0.25, 0.3) is 0 Å². The van der Waals surface area contributed by atoms with Crippen LogP contribution < -0.4 is 11.1 Å². The lowest BCUT2D eigenvalue weighted by Gasteiger charge is -2.03. The zero-order valence-corrected chi connectivity index (χ0v) is 8.87. The van der Waals surface area contributed by atoms with Crippen molar-refractivity contribution in [3.8, 4) is 0 Å². The largest absolute Gasteiger partial charge is 0.370 e. The Balaban J connectivity index is 2.76. The van der Waals surface area contributed by atoms with Gasteiger partial charge in [0.2, 0.25) is 0 Å². The first-order chi connectivity index (χ1) is 5.72. The number of hydrogen-bond acceptors (Lipinski definition) is 1. The number of rotatable bonds is 1. The molecule has 0 radical (unpaired) electrons. The van der Waals surface area contributed by atoms with Crippen molar-refractivity contribution in [3.05, 3.63) is 27.8 Å². The molecule has 0 heterocycles. The number of anilines is 1. The Morgan fingerprint density at radius 3 is 2.92 bits per heavy atom. The number of nitrogens with zero attached hydrogens (tertiary/aromatic N) is 1. The second-order valence-corrected chi connectivity index (χ2v) is 3.49. The van der Waals surface area contributed by atoms with Gasteiger partial charge >= 0.3 is 0 Å². The zero-order valence-electron chi connectivity index (χ0n) is 6.71. The summed E-state index contributed by atoms with van der Waals surface area (Å²) in [5.74, 6) is 0.428. The van der Waals surface area contributed by atoms with E-state index in [0.29, 0.717) is 5.96 Å². The number of halogens is 1. The summed E-state index contributed by atoms with van der Waals surface area (Å²) in [5.41, 5.74) is 6.45. The molecule has 0 spiro atoms. The van der Waals surface area contributed by atoms with Gasteiger partial charge in [0.1, 0.15) is 0 Å². The Morgan fingerprint density at radius 1 is 1.58 bits per heavy atom. The molecule has 0 atom stereocenters. The van der Waals surface area contributed by atoms with Crippen LogP contribution in [0.4, 0.5) is 5.69 Å². The molecule has 1 aromatic carbocycles. The van der Waals surface area contributed by atoms with E-state index < -0.39 is 0 Å². The summed E-state index contributed by atoms with van der Waals surface area (Å²) in [6, 6.07) is 7.93. The minimum Gasteiger partial charge on any atom is -0.370 e. The summed E-state index contributed by atoms with van der Waals surface area (Å²) < 4.78 is 1.17. The number of benzene rings is 1. The van der Waals surface area contributed by atoms with Gasteiger partial charge in [-0.05, 0) is 40.8 Å². The maximum Gasteiger partial charge on any atom is 0.192 e. The monoisotopic (exact) mass is 275 g/mol. The molecule has 0 aliphatic heterocycles. The summed E-state index contributed by atoms with van der Waals surface area (Å²) in [6.45, 7) is 0. The van der Waals surface area contributed by atoms with Crippen LogP contribution in [0.3, 0.4) is 0 Å². The zero-order chi connectivity index (χ0) is 8.97. The van der Waals surface area contributed by atoms with Gasteiger partial charge in [-0.2, -0.15) is 0 Å². The van der Waals surface area contributed by atoms with Crippen LogP contribution in [0.2, 0.25) is 0 Å². The maximum absolute atomic E-state index is 5.49. The average Bonchev–Trinajstić information content (AvgIpc) is 2.04. The molecule has 0 saturated carbocycles. The standard InChI is InChI=1S/C8H10IN3/c1-11-8(10)12-7-4-2-3-6(9)5-7/h2-5H,1H3,(H3,10,11,12). The van der Waals surface area contributed by atoms with Crippen molar-refractivity contribution in [3.63, 3.8) is 0 Å².